The van der Waals surface area contributed by atoms with Crippen molar-refractivity contribution < 1.29 is 0 Å². The van der Waals surface area contributed by atoms with Crippen molar-refractivity contribution in [2.45, 2.75) is 0 Å². The molecule has 1 saturated heterocycles. The minimum atomic E-state index is 0.688. The van der Waals surface area contributed by atoms with Crippen molar-refractivity contribution >= 4 is 66.4 Å². The highest BCUT2D eigenvalue weighted by molar-refractivity contribution is 8.29. The van der Waals surface area contributed by atoms with Gasteiger partial charge in [0.2, 0.25) is 9.97 Å². The maximum Gasteiger partial charge on any atom is 0.211 e. The van der Waals surface area contributed by atoms with Gasteiger partial charge in [-0.1, -0.05) is 78.1 Å². The number of amidine groups is 2. The van der Waals surface area contributed by atoms with Crippen LogP contribution in [0.1, 0.15) is 0 Å². The second-order valence-electron chi connectivity index (χ2n) is 8.19. The van der Waals surface area contributed by atoms with E-state index in [9.17, 15) is 0 Å². The molecule has 4 aromatic carbocycles. The van der Waals surface area contributed by atoms with Crippen LogP contribution < -0.4 is 9.70 Å². The summed E-state index contributed by atoms with van der Waals surface area (Å²) in [7, 11) is 2.01. The fraction of sp³-hybridized carbons (Fsp3) is 0.0345. The Morgan fingerprint density at radius 1 is 0.622 bits per heavy atom. The van der Waals surface area contributed by atoms with E-state index in [0.29, 0.717) is 11.0 Å². The van der Waals surface area contributed by atoms with Crippen LogP contribution in [-0.2, 0) is 7.05 Å². The first kappa shape index (κ1) is 23.1. The van der Waals surface area contributed by atoms with Crippen LogP contribution in [0.25, 0.3) is 10.2 Å². The molecule has 1 aliphatic rings. The molecule has 0 atom stereocenters. The zero-order chi connectivity index (χ0) is 25.0. The van der Waals surface area contributed by atoms with Gasteiger partial charge in [-0.15, -0.1) is 10.2 Å². The van der Waals surface area contributed by atoms with Gasteiger partial charge in [0, 0.05) is 12.7 Å². The molecule has 0 spiro atoms. The Labute approximate surface area is 222 Å². The summed E-state index contributed by atoms with van der Waals surface area (Å²) in [5, 5.41) is 10.9. The van der Waals surface area contributed by atoms with Gasteiger partial charge in [-0.2, -0.15) is 0 Å². The molecule has 6 nitrogen and oxygen atoms in total. The summed E-state index contributed by atoms with van der Waals surface area (Å²) in [5.74, 6) is 0.709. The van der Waals surface area contributed by atoms with E-state index >= 15 is 0 Å². The lowest BCUT2D eigenvalue weighted by molar-refractivity contribution is 0.888. The fourth-order valence-corrected chi connectivity index (χ4v) is 5.80. The van der Waals surface area contributed by atoms with E-state index in [1.165, 1.54) is 16.5 Å². The smallest absolute Gasteiger partial charge is 0.211 e. The molecule has 0 unspecified atom stereocenters. The van der Waals surface area contributed by atoms with Gasteiger partial charge in [-0.3, -0.25) is 4.90 Å². The molecular formula is C29H22N6S2. The number of aryl methyl sites for hydroxylation is 1. The van der Waals surface area contributed by atoms with Gasteiger partial charge >= 0.3 is 0 Å². The molecule has 6 rings (SSSR count). The highest BCUT2D eigenvalue weighted by Crippen LogP contribution is 2.33. The number of anilines is 1. The van der Waals surface area contributed by atoms with E-state index in [0.717, 1.165) is 32.4 Å². The van der Waals surface area contributed by atoms with E-state index in [1.54, 1.807) is 11.3 Å². The summed E-state index contributed by atoms with van der Waals surface area (Å²) in [5.41, 5.74) is 3.77. The lowest BCUT2D eigenvalue weighted by Gasteiger charge is -2.17. The van der Waals surface area contributed by atoms with Crippen molar-refractivity contribution in [1.29, 1.82) is 0 Å². The minimum absolute atomic E-state index is 0.688. The summed E-state index contributed by atoms with van der Waals surface area (Å²) < 4.78 is 3.23. The Morgan fingerprint density at radius 3 is 1.89 bits per heavy atom. The molecule has 180 valence electrons. The van der Waals surface area contributed by atoms with Crippen molar-refractivity contribution in [3.63, 3.8) is 0 Å². The Balaban J connectivity index is 1.53. The average molecular weight is 519 g/mol. The van der Waals surface area contributed by atoms with Gasteiger partial charge < -0.3 is 4.57 Å². The molecule has 37 heavy (non-hydrogen) atoms. The first-order valence-corrected chi connectivity index (χ1v) is 13.4. The van der Waals surface area contributed by atoms with Crippen molar-refractivity contribution in [1.82, 2.24) is 4.57 Å². The van der Waals surface area contributed by atoms with E-state index in [1.807, 2.05) is 115 Å². The number of rotatable bonds is 4. The van der Waals surface area contributed by atoms with Crippen LogP contribution in [0.5, 0.6) is 0 Å². The molecule has 0 bridgehead atoms. The maximum absolute atomic E-state index is 5.02. The van der Waals surface area contributed by atoms with Crippen molar-refractivity contribution in [3.8, 4) is 0 Å². The zero-order valence-electron chi connectivity index (χ0n) is 20.0. The number of hydrogen-bond donors (Lipinski definition) is 0. The molecule has 0 amide bonds. The van der Waals surface area contributed by atoms with Gasteiger partial charge in [0.1, 0.15) is 5.04 Å². The number of fused-ring (bicyclic) bond motifs is 1. The Morgan fingerprint density at radius 2 is 1.22 bits per heavy atom. The zero-order valence-corrected chi connectivity index (χ0v) is 21.6. The predicted molar refractivity (Wildman–Crippen MR) is 157 cm³/mol. The lowest BCUT2D eigenvalue weighted by Crippen LogP contribution is -2.30. The molecule has 1 aliphatic heterocycles. The van der Waals surface area contributed by atoms with Crippen LogP contribution in [0.15, 0.2) is 135 Å². The number of para-hydroxylation sites is 4. The highest BCUT2D eigenvalue weighted by atomic mass is 32.2. The minimum Gasteiger partial charge on any atom is -0.318 e. The Kier molecular flexibility index (Phi) is 6.49. The normalized spacial score (nSPS) is 17.5. The number of hydrogen-bond acceptors (Lipinski definition) is 6. The average Bonchev–Trinajstić information content (AvgIpc) is 3.45. The molecule has 0 N–H and O–H groups in total. The molecule has 0 saturated carbocycles. The van der Waals surface area contributed by atoms with Gasteiger partial charge in [0.15, 0.2) is 5.84 Å². The van der Waals surface area contributed by atoms with E-state index in [4.69, 9.17) is 15.1 Å². The van der Waals surface area contributed by atoms with Crippen molar-refractivity contribution in [2.75, 3.05) is 4.90 Å². The molecule has 8 heteroatoms. The standard InChI is InChI=1S/C29H22N6S2/c1-34-24-19-11-12-20-25(24)36-28(34)32-33-29-35(23-17-9-4-10-18-23)26(30-21-13-5-2-6-14-21)27(37-29)31-22-15-7-3-8-16-22/h2-20H,1H3/b30-26?,31-27?,32-28+,33-29-. The van der Waals surface area contributed by atoms with Crippen LogP contribution >= 0.6 is 23.1 Å². The van der Waals surface area contributed by atoms with E-state index in [-0.39, 0.29) is 0 Å². The third-order valence-corrected chi connectivity index (χ3v) is 7.73. The van der Waals surface area contributed by atoms with E-state index in [2.05, 4.69) is 21.8 Å². The summed E-state index contributed by atoms with van der Waals surface area (Å²) in [6.45, 7) is 0. The third kappa shape index (κ3) is 4.89. The lowest BCUT2D eigenvalue weighted by atomic mass is 10.3. The number of nitrogens with zero attached hydrogens (tertiary/aromatic N) is 6. The van der Waals surface area contributed by atoms with Crippen molar-refractivity contribution in [3.05, 3.63) is 120 Å². The summed E-state index contributed by atoms with van der Waals surface area (Å²) >= 11 is 3.08. The number of thioether (sulfide) groups is 1. The highest BCUT2D eigenvalue weighted by Gasteiger charge is 2.35. The van der Waals surface area contributed by atoms with Crippen LogP contribution in [0.3, 0.4) is 0 Å². The Hall–Kier alpha value is -4.27. The fourth-order valence-electron chi connectivity index (χ4n) is 3.92. The van der Waals surface area contributed by atoms with E-state index < -0.39 is 0 Å². The maximum atomic E-state index is 5.02. The monoisotopic (exact) mass is 518 g/mol. The molecular weight excluding hydrogens is 496 g/mol. The largest absolute Gasteiger partial charge is 0.318 e. The first-order chi connectivity index (χ1) is 18.3. The molecule has 0 aliphatic carbocycles. The van der Waals surface area contributed by atoms with Crippen molar-refractivity contribution in [2.24, 2.45) is 27.2 Å². The van der Waals surface area contributed by atoms with Crippen LogP contribution in [0.2, 0.25) is 0 Å². The third-order valence-electron chi connectivity index (χ3n) is 5.71. The predicted octanol–water partition coefficient (Wildman–Crippen LogP) is 7.13. The molecule has 2 heterocycles. The topological polar surface area (TPSA) is 57.6 Å². The second kappa shape index (κ2) is 10.4. The molecule has 1 fully saturated rings. The molecule has 0 radical (unpaired) electrons. The van der Waals surface area contributed by atoms with Crippen LogP contribution in [0, 0.1) is 0 Å². The second-order valence-corrected chi connectivity index (χ2v) is 10.2. The summed E-state index contributed by atoms with van der Waals surface area (Å²) in [4.78, 5) is 12.8. The van der Waals surface area contributed by atoms with Crippen LogP contribution in [-0.4, -0.2) is 20.6 Å². The SMILES string of the molecule is Cn1/c(=N\N=C2/SC(=Nc3ccccc3)C(=Nc3ccccc3)N2c2ccccc2)sc2ccccc21. The van der Waals surface area contributed by atoms with Gasteiger partial charge in [-0.05, 0) is 60.3 Å². The van der Waals surface area contributed by atoms with Gasteiger partial charge in [-0.25, -0.2) is 9.98 Å². The summed E-state index contributed by atoms with van der Waals surface area (Å²) in [6.07, 6.45) is 0. The number of benzene rings is 4. The van der Waals surface area contributed by atoms with Gasteiger partial charge in [0.05, 0.1) is 21.6 Å². The Bertz CT molecular complexity index is 1700. The van der Waals surface area contributed by atoms with Crippen LogP contribution in [0.4, 0.5) is 17.1 Å². The quantitative estimate of drug-likeness (QED) is 0.238. The molecule has 1 aromatic heterocycles. The molecule has 5 aromatic rings. The number of aliphatic imine (C=N–C) groups is 2. The number of thiazole rings is 1. The van der Waals surface area contributed by atoms with Gasteiger partial charge in [0.25, 0.3) is 0 Å². The summed E-state index contributed by atoms with van der Waals surface area (Å²) in [6, 6.07) is 38.2. The first-order valence-electron chi connectivity index (χ1n) is 11.7. The number of aromatic nitrogens is 1.